The van der Waals surface area contributed by atoms with Gasteiger partial charge in [0.25, 0.3) is 0 Å². The van der Waals surface area contributed by atoms with E-state index in [4.69, 9.17) is 9.47 Å². The molecule has 0 aliphatic heterocycles. The first kappa shape index (κ1) is 15.3. The van der Waals surface area contributed by atoms with Crippen molar-refractivity contribution in [3.63, 3.8) is 0 Å². The Hall–Kier alpha value is -1.13. The lowest BCUT2D eigenvalue weighted by Crippen LogP contribution is -2.43. The molecule has 20 heavy (non-hydrogen) atoms. The molecule has 0 spiro atoms. The molecule has 1 saturated carbocycles. The molecule has 0 heterocycles. The van der Waals surface area contributed by atoms with Gasteiger partial charge in [-0.1, -0.05) is 13.0 Å². The van der Waals surface area contributed by atoms with Gasteiger partial charge in [-0.3, -0.25) is 0 Å². The maximum Gasteiger partial charge on any atom is 0.131 e. The van der Waals surface area contributed by atoms with Crippen molar-refractivity contribution in [2.75, 3.05) is 20.8 Å². The molecule has 0 bridgehead atoms. The smallest absolute Gasteiger partial charge is 0.131 e. The topological polar surface area (TPSA) is 30.5 Å². The number of halogens is 1. The van der Waals surface area contributed by atoms with Crippen LogP contribution in [0.5, 0.6) is 5.75 Å². The third-order valence-electron chi connectivity index (χ3n) is 4.31. The van der Waals surface area contributed by atoms with E-state index in [9.17, 15) is 4.39 Å². The van der Waals surface area contributed by atoms with Crippen LogP contribution >= 0.6 is 0 Å². The molecule has 4 heteroatoms. The first-order chi connectivity index (χ1) is 9.64. The predicted octanol–water partition coefficient (Wildman–Crippen LogP) is 3.44. The predicted molar refractivity (Wildman–Crippen MR) is 77.6 cm³/mol. The molecule has 1 aliphatic rings. The van der Waals surface area contributed by atoms with Crippen molar-refractivity contribution >= 4 is 0 Å². The zero-order valence-electron chi connectivity index (χ0n) is 12.5. The number of hydrogen-bond acceptors (Lipinski definition) is 3. The summed E-state index contributed by atoms with van der Waals surface area (Å²) in [5.41, 5.74) is 0.607. The van der Waals surface area contributed by atoms with Crippen molar-refractivity contribution < 1.29 is 13.9 Å². The molecular weight excluding hydrogens is 257 g/mol. The third-order valence-corrected chi connectivity index (χ3v) is 4.31. The van der Waals surface area contributed by atoms with Crippen LogP contribution in [0, 0.1) is 5.82 Å². The van der Waals surface area contributed by atoms with E-state index >= 15 is 0 Å². The van der Waals surface area contributed by atoms with E-state index in [0.29, 0.717) is 11.3 Å². The highest BCUT2D eigenvalue weighted by atomic mass is 19.1. The molecular formula is C16H24FNO2. The summed E-state index contributed by atoms with van der Waals surface area (Å²) >= 11 is 0. The summed E-state index contributed by atoms with van der Waals surface area (Å²) in [6, 6.07) is 5.04. The van der Waals surface area contributed by atoms with Crippen molar-refractivity contribution in [1.82, 2.24) is 5.32 Å². The standard InChI is InChI=1S/C16H24FNO2/c1-4-18-15(11-16(20-3)8-5-9-16)13-7-6-12(19-2)10-14(13)17/h6-7,10,15,18H,4-5,8-9,11H2,1-3H3. The summed E-state index contributed by atoms with van der Waals surface area (Å²) in [5, 5.41) is 3.37. The van der Waals surface area contributed by atoms with Gasteiger partial charge in [0.15, 0.2) is 0 Å². The van der Waals surface area contributed by atoms with Gasteiger partial charge in [0.05, 0.1) is 12.7 Å². The van der Waals surface area contributed by atoms with E-state index in [1.165, 1.54) is 12.5 Å². The number of hydrogen-bond donors (Lipinski definition) is 1. The minimum Gasteiger partial charge on any atom is -0.497 e. The Morgan fingerprint density at radius 2 is 2.10 bits per heavy atom. The maximum absolute atomic E-state index is 14.3. The molecule has 1 unspecified atom stereocenters. The summed E-state index contributed by atoms with van der Waals surface area (Å²) in [6.45, 7) is 2.84. The molecule has 0 aromatic heterocycles. The van der Waals surface area contributed by atoms with Crippen molar-refractivity contribution in [2.45, 2.75) is 44.2 Å². The Morgan fingerprint density at radius 1 is 1.35 bits per heavy atom. The minimum atomic E-state index is -0.221. The van der Waals surface area contributed by atoms with Crippen LogP contribution in [0.25, 0.3) is 0 Å². The molecule has 0 saturated heterocycles. The molecule has 1 aromatic carbocycles. The Balaban J connectivity index is 2.19. The van der Waals surface area contributed by atoms with Crippen LogP contribution in [0.3, 0.4) is 0 Å². The van der Waals surface area contributed by atoms with Gasteiger partial charge in [-0.2, -0.15) is 0 Å². The number of methoxy groups -OCH3 is 2. The Morgan fingerprint density at radius 3 is 2.55 bits per heavy atom. The van der Waals surface area contributed by atoms with Gasteiger partial charge in [0.1, 0.15) is 11.6 Å². The Kier molecular flexibility index (Phi) is 5.00. The normalized spacial score (nSPS) is 18.4. The zero-order chi connectivity index (χ0) is 14.6. The molecule has 0 amide bonds. The third kappa shape index (κ3) is 3.13. The van der Waals surface area contributed by atoms with E-state index in [0.717, 1.165) is 25.8 Å². The highest BCUT2D eigenvalue weighted by molar-refractivity contribution is 5.31. The quantitative estimate of drug-likeness (QED) is 0.830. The zero-order valence-corrected chi connectivity index (χ0v) is 12.5. The monoisotopic (exact) mass is 281 g/mol. The molecule has 2 rings (SSSR count). The van der Waals surface area contributed by atoms with Crippen LogP contribution in [-0.4, -0.2) is 26.4 Å². The molecule has 1 aliphatic carbocycles. The van der Waals surface area contributed by atoms with Gasteiger partial charge in [-0.05, 0) is 38.3 Å². The average molecular weight is 281 g/mol. The van der Waals surface area contributed by atoms with Crippen LogP contribution in [0.15, 0.2) is 18.2 Å². The van der Waals surface area contributed by atoms with Gasteiger partial charge in [-0.25, -0.2) is 4.39 Å². The largest absolute Gasteiger partial charge is 0.497 e. The lowest BCUT2D eigenvalue weighted by molar-refractivity contribution is -0.0839. The van der Waals surface area contributed by atoms with Crippen LogP contribution in [-0.2, 0) is 4.74 Å². The number of nitrogens with one attached hydrogen (secondary N) is 1. The summed E-state index contributed by atoms with van der Waals surface area (Å²) in [6.07, 6.45) is 4.12. The van der Waals surface area contributed by atoms with Gasteiger partial charge < -0.3 is 14.8 Å². The fourth-order valence-corrected chi connectivity index (χ4v) is 2.89. The molecule has 112 valence electrons. The van der Waals surface area contributed by atoms with E-state index in [-0.39, 0.29) is 17.5 Å². The second-order valence-electron chi connectivity index (χ2n) is 5.44. The van der Waals surface area contributed by atoms with E-state index < -0.39 is 0 Å². The molecule has 3 nitrogen and oxygen atoms in total. The fourth-order valence-electron chi connectivity index (χ4n) is 2.89. The van der Waals surface area contributed by atoms with Gasteiger partial charge in [-0.15, -0.1) is 0 Å². The molecule has 1 aromatic rings. The lowest BCUT2D eigenvalue weighted by Gasteiger charge is -2.43. The molecule has 0 radical (unpaired) electrons. The van der Waals surface area contributed by atoms with Crippen LogP contribution in [0.1, 0.15) is 44.2 Å². The van der Waals surface area contributed by atoms with Crippen molar-refractivity contribution in [1.29, 1.82) is 0 Å². The second-order valence-corrected chi connectivity index (χ2v) is 5.44. The fraction of sp³-hybridized carbons (Fsp3) is 0.625. The summed E-state index contributed by atoms with van der Waals surface area (Å²) < 4.78 is 25.0. The highest BCUT2D eigenvalue weighted by Gasteiger charge is 2.39. The van der Waals surface area contributed by atoms with Gasteiger partial charge in [0, 0.05) is 24.8 Å². The Bertz CT molecular complexity index is 441. The van der Waals surface area contributed by atoms with E-state index in [1.54, 1.807) is 14.2 Å². The SMILES string of the molecule is CCNC(CC1(OC)CCC1)c1ccc(OC)cc1F. The first-order valence-corrected chi connectivity index (χ1v) is 7.26. The Labute approximate surface area is 120 Å². The van der Waals surface area contributed by atoms with Crippen molar-refractivity contribution in [3.05, 3.63) is 29.6 Å². The summed E-state index contributed by atoms with van der Waals surface area (Å²) in [7, 11) is 3.30. The molecule has 1 fully saturated rings. The number of ether oxygens (including phenoxy) is 2. The van der Waals surface area contributed by atoms with Gasteiger partial charge in [0.2, 0.25) is 0 Å². The molecule has 1 atom stereocenters. The van der Waals surface area contributed by atoms with E-state index in [2.05, 4.69) is 5.32 Å². The van der Waals surface area contributed by atoms with E-state index in [1.807, 2.05) is 19.1 Å². The average Bonchev–Trinajstić information content (AvgIpc) is 2.41. The lowest BCUT2D eigenvalue weighted by atomic mass is 9.74. The highest BCUT2D eigenvalue weighted by Crippen LogP contribution is 2.42. The first-order valence-electron chi connectivity index (χ1n) is 7.26. The minimum absolute atomic E-state index is 0.0221. The number of rotatable bonds is 7. The van der Waals surface area contributed by atoms with Crippen LogP contribution < -0.4 is 10.1 Å². The van der Waals surface area contributed by atoms with Crippen molar-refractivity contribution in [2.24, 2.45) is 0 Å². The summed E-state index contributed by atoms with van der Waals surface area (Å²) in [5.74, 6) is 0.326. The summed E-state index contributed by atoms with van der Waals surface area (Å²) in [4.78, 5) is 0. The van der Waals surface area contributed by atoms with Crippen LogP contribution in [0.2, 0.25) is 0 Å². The second kappa shape index (κ2) is 6.55. The number of benzene rings is 1. The molecule has 1 N–H and O–H groups in total. The van der Waals surface area contributed by atoms with Gasteiger partial charge >= 0.3 is 0 Å². The van der Waals surface area contributed by atoms with Crippen LogP contribution in [0.4, 0.5) is 4.39 Å². The van der Waals surface area contributed by atoms with Crippen molar-refractivity contribution in [3.8, 4) is 5.75 Å². The maximum atomic E-state index is 14.3.